The van der Waals surface area contributed by atoms with Crippen LogP contribution in [0.5, 0.6) is 0 Å². The SMILES string of the molecule is C[C@@H](c1ccc(Cl)cc1)c1cc2ccccc2n1-c1nc2ccccc2n1C. The topological polar surface area (TPSA) is 22.8 Å². The molecule has 0 aliphatic rings. The molecule has 0 spiro atoms. The van der Waals surface area contributed by atoms with E-state index in [1.54, 1.807) is 0 Å². The molecule has 28 heavy (non-hydrogen) atoms. The minimum atomic E-state index is 0.199. The Balaban J connectivity index is 1.78. The maximum Gasteiger partial charge on any atom is 0.215 e. The van der Waals surface area contributed by atoms with Gasteiger partial charge in [-0.25, -0.2) is 4.98 Å². The number of hydrogen-bond acceptors (Lipinski definition) is 1. The molecule has 0 aliphatic carbocycles. The highest BCUT2D eigenvalue weighted by Crippen LogP contribution is 2.33. The number of rotatable bonds is 3. The van der Waals surface area contributed by atoms with Crippen LogP contribution in [0.3, 0.4) is 0 Å². The first-order valence-electron chi connectivity index (χ1n) is 9.41. The number of hydrogen-bond donors (Lipinski definition) is 0. The van der Waals surface area contributed by atoms with Gasteiger partial charge in [-0.2, -0.15) is 0 Å². The Kier molecular flexibility index (Phi) is 3.99. The molecule has 0 saturated heterocycles. The molecule has 5 rings (SSSR count). The average Bonchev–Trinajstić information content (AvgIpc) is 3.26. The van der Waals surface area contributed by atoms with Crippen molar-refractivity contribution in [2.24, 2.45) is 7.05 Å². The molecule has 0 saturated carbocycles. The molecule has 0 radical (unpaired) electrons. The zero-order valence-electron chi connectivity index (χ0n) is 15.8. The van der Waals surface area contributed by atoms with Crippen molar-refractivity contribution in [2.75, 3.05) is 0 Å². The summed E-state index contributed by atoms with van der Waals surface area (Å²) >= 11 is 6.10. The number of halogens is 1. The van der Waals surface area contributed by atoms with Gasteiger partial charge in [-0.05, 0) is 42.0 Å². The first-order chi connectivity index (χ1) is 13.6. The molecule has 0 N–H and O–H groups in total. The number of para-hydroxylation sites is 3. The smallest absolute Gasteiger partial charge is 0.215 e. The Morgan fingerprint density at radius 3 is 2.29 bits per heavy atom. The van der Waals surface area contributed by atoms with Crippen LogP contribution >= 0.6 is 11.6 Å². The standard InChI is InChI=1S/C24H20ClN3/c1-16(17-11-13-19(25)14-12-17)23-15-18-7-3-5-9-21(18)28(23)24-26-20-8-4-6-10-22(20)27(24)2/h3-16H,1-2H3/t16-/m0/s1. The summed E-state index contributed by atoms with van der Waals surface area (Å²) in [4.78, 5) is 4.96. The molecule has 1 atom stereocenters. The van der Waals surface area contributed by atoms with Gasteiger partial charge in [0.25, 0.3) is 0 Å². The number of imidazole rings is 1. The summed E-state index contributed by atoms with van der Waals surface area (Å²) in [5.74, 6) is 1.13. The lowest BCUT2D eigenvalue weighted by Gasteiger charge is -2.17. The second-order valence-electron chi connectivity index (χ2n) is 7.20. The first kappa shape index (κ1) is 17.1. The van der Waals surface area contributed by atoms with E-state index in [4.69, 9.17) is 16.6 Å². The van der Waals surface area contributed by atoms with Crippen molar-refractivity contribution in [1.29, 1.82) is 0 Å². The van der Waals surface area contributed by atoms with Crippen molar-refractivity contribution in [2.45, 2.75) is 12.8 Å². The van der Waals surface area contributed by atoms with Crippen molar-refractivity contribution < 1.29 is 0 Å². The van der Waals surface area contributed by atoms with Gasteiger partial charge in [0.05, 0.1) is 16.6 Å². The third-order valence-corrected chi connectivity index (χ3v) is 5.77. The van der Waals surface area contributed by atoms with Crippen molar-refractivity contribution in [1.82, 2.24) is 14.1 Å². The monoisotopic (exact) mass is 385 g/mol. The number of nitrogens with zero attached hydrogens (tertiary/aromatic N) is 3. The highest BCUT2D eigenvalue weighted by Gasteiger charge is 2.20. The van der Waals surface area contributed by atoms with E-state index in [-0.39, 0.29) is 5.92 Å². The molecule has 0 unspecified atom stereocenters. The third-order valence-electron chi connectivity index (χ3n) is 5.52. The van der Waals surface area contributed by atoms with Crippen molar-refractivity contribution in [3.8, 4) is 5.95 Å². The number of fused-ring (bicyclic) bond motifs is 2. The summed E-state index contributed by atoms with van der Waals surface area (Å²) in [6.45, 7) is 2.23. The molecule has 5 aromatic rings. The molecule has 3 nitrogen and oxygen atoms in total. The largest absolute Gasteiger partial charge is 0.313 e. The fraction of sp³-hybridized carbons (Fsp3) is 0.125. The van der Waals surface area contributed by atoms with E-state index in [2.05, 4.69) is 83.8 Å². The quantitative estimate of drug-likeness (QED) is 0.356. The van der Waals surface area contributed by atoms with Crippen LogP contribution in [0, 0.1) is 0 Å². The van der Waals surface area contributed by atoms with E-state index in [0.29, 0.717) is 0 Å². The van der Waals surface area contributed by atoms with Crippen LogP contribution in [0.2, 0.25) is 5.02 Å². The van der Waals surface area contributed by atoms with Crippen LogP contribution in [0.15, 0.2) is 78.9 Å². The summed E-state index contributed by atoms with van der Waals surface area (Å²) < 4.78 is 4.45. The summed E-state index contributed by atoms with van der Waals surface area (Å²) in [7, 11) is 2.08. The van der Waals surface area contributed by atoms with E-state index in [1.165, 1.54) is 16.6 Å². The second-order valence-corrected chi connectivity index (χ2v) is 7.63. The van der Waals surface area contributed by atoms with Crippen LogP contribution in [-0.4, -0.2) is 14.1 Å². The molecule has 3 aromatic carbocycles. The molecule has 0 amide bonds. The van der Waals surface area contributed by atoms with Crippen LogP contribution in [0.1, 0.15) is 24.1 Å². The van der Waals surface area contributed by atoms with Crippen LogP contribution in [0.4, 0.5) is 0 Å². The van der Waals surface area contributed by atoms with Gasteiger partial charge in [0.15, 0.2) is 0 Å². The van der Waals surface area contributed by atoms with E-state index < -0.39 is 0 Å². The van der Waals surface area contributed by atoms with E-state index >= 15 is 0 Å². The van der Waals surface area contributed by atoms with Crippen LogP contribution in [0.25, 0.3) is 27.9 Å². The summed E-state index contributed by atoms with van der Waals surface area (Å²) in [6, 6.07) is 27.1. The van der Waals surface area contributed by atoms with Gasteiger partial charge in [0.1, 0.15) is 0 Å². The Morgan fingerprint density at radius 2 is 1.54 bits per heavy atom. The highest BCUT2D eigenvalue weighted by molar-refractivity contribution is 6.30. The lowest BCUT2D eigenvalue weighted by Crippen LogP contribution is -2.09. The van der Waals surface area contributed by atoms with Gasteiger partial charge in [-0.3, -0.25) is 4.57 Å². The van der Waals surface area contributed by atoms with Gasteiger partial charge in [0, 0.05) is 29.1 Å². The Bertz CT molecular complexity index is 1290. The average molecular weight is 386 g/mol. The normalized spacial score (nSPS) is 12.7. The first-order valence-corrected chi connectivity index (χ1v) is 9.79. The maximum absolute atomic E-state index is 6.10. The Hall–Kier alpha value is -3.04. The predicted molar refractivity (Wildman–Crippen MR) is 117 cm³/mol. The molecule has 2 heterocycles. The van der Waals surface area contributed by atoms with Crippen molar-refractivity contribution in [3.05, 3.63) is 95.1 Å². The van der Waals surface area contributed by atoms with Gasteiger partial charge in [-0.1, -0.05) is 61.0 Å². The number of aryl methyl sites for hydroxylation is 1. The maximum atomic E-state index is 6.10. The molecule has 0 aliphatic heterocycles. The van der Waals surface area contributed by atoms with Gasteiger partial charge >= 0.3 is 0 Å². The molecule has 0 fully saturated rings. The van der Waals surface area contributed by atoms with Gasteiger partial charge < -0.3 is 4.57 Å². The summed E-state index contributed by atoms with van der Waals surface area (Å²) in [5, 5.41) is 1.97. The zero-order chi connectivity index (χ0) is 19.3. The Labute approximate surface area is 168 Å². The summed E-state index contributed by atoms with van der Waals surface area (Å²) in [6.07, 6.45) is 0. The lowest BCUT2D eigenvalue weighted by molar-refractivity contribution is 0.778. The number of benzene rings is 3. The molecular formula is C24H20ClN3. The third kappa shape index (κ3) is 2.62. The predicted octanol–water partition coefficient (Wildman–Crippen LogP) is 6.32. The fourth-order valence-electron chi connectivity index (χ4n) is 3.97. The van der Waals surface area contributed by atoms with Crippen LogP contribution < -0.4 is 0 Å². The van der Waals surface area contributed by atoms with Crippen molar-refractivity contribution >= 4 is 33.5 Å². The molecule has 4 heteroatoms. The number of aromatic nitrogens is 3. The molecule has 2 aromatic heterocycles. The fourth-order valence-corrected chi connectivity index (χ4v) is 4.10. The van der Waals surface area contributed by atoms with Crippen LogP contribution in [-0.2, 0) is 7.05 Å². The highest BCUT2D eigenvalue weighted by atomic mass is 35.5. The van der Waals surface area contributed by atoms with E-state index in [0.717, 1.165) is 27.5 Å². The van der Waals surface area contributed by atoms with E-state index in [9.17, 15) is 0 Å². The lowest BCUT2D eigenvalue weighted by atomic mass is 9.97. The van der Waals surface area contributed by atoms with Gasteiger partial charge in [-0.15, -0.1) is 0 Å². The molecule has 138 valence electrons. The summed E-state index contributed by atoms with van der Waals surface area (Å²) in [5.41, 5.74) is 5.73. The zero-order valence-corrected chi connectivity index (χ0v) is 16.6. The van der Waals surface area contributed by atoms with Crippen molar-refractivity contribution in [3.63, 3.8) is 0 Å². The second kappa shape index (κ2) is 6.54. The van der Waals surface area contributed by atoms with Gasteiger partial charge in [0.2, 0.25) is 5.95 Å². The Morgan fingerprint density at radius 1 is 0.857 bits per heavy atom. The van der Waals surface area contributed by atoms with E-state index in [1.807, 2.05) is 18.2 Å². The molecule has 0 bridgehead atoms. The minimum Gasteiger partial charge on any atom is -0.313 e. The molecular weight excluding hydrogens is 366 g/mol. The minimum absolute atomic E-state index is 0.199.